The van der Waals surface area contributed by atoms with Crippen molar-refractivity contribution in [3.63, 3.8) is 0 Å². The molecule has 1 rings (SSSR count). The zero-order chi connectivity index (χ0) is 15.2. The van der Waals surface area contributed by atoms with Crippen molar-refractivity contribution >= 4 is 16.0 Å². The van der Waals surface area contributed by atoms with E-state index >= 15 is 0 Å². The van der Waals surface area contributed by atoms with Crippen molar-refractivity contribution in [1.82, 2.24) is 14.3 Å². The van der Waals surface area contributed by atoms with Crippen molar-refractivity contribution in [2.24, 2.45) is 0 Å². The Hall–Kier alpha value is -1.41. The summed E-state index contributed by atoms with van der Waals surface area (Å²) in [6.07, 6.45) is 2.40. The maximum atomic E-state index is 12.0. The van der Waals surface area contributed by atoms with Gasteiger partial charge in [-0.25, -0.2) is 18.1 Å². The first-order chi connectivity index (χ1) is 9.40. The Labute approximate surface area is 119 Å². The fraction of sp³-hybridized carbons (Fsp3) is 0.667. The van der Waals surface area contributed by atoms with Gasteiger partial charge in [0.25, 0.3) is 10.0 Å². The van der Waals surface area contributed by atoms with E-state index < -0.39 is 16.0 Å². The van der Waals surface area contributed by atoms with Crippen molar-refractivity contribution in [2.75, 3.05) is 13.2 Å². The molecule has 0 aliphatic carbocycles. The van der Waals surface area contributed by atoms with Gasteiger partial charge in [-0.15, -0.1) is 0 Å². The Morgan fingerprint density at radius 3 is 2.75 bits per heavy atom. The third-order valence-electron chi connectivity index (χ3n) is 2.62. The third kappa shape index (κ3) is 4.61. The highest BCUT2D eigenvalue weighted by atomic mass is 32.2. The number of aryl methyl sites for hydroxylation is 2. The van der Waals surface area contributed by atoms with Gasteiger partial charge in [-0.2, -0.15) is 0 Å². The number of sulfonamides is 1. The Morgan fingerprint density at radius 2 is 2.15 bits per heavy atom. The molecular weight excluding hydrogens is 282 g/mol. The van der Waals surface area contributed by atoms with E-state index in [1.807, 2.05) is 6.92 Å². The number of carbonyl (C=O) groups is 1. The van der Waals surface area contributed by atoms with E-state index in [-0.39, 0.29) is 24.6 Å². The molecule has 114 valence electrons. The second-order valence-corrected chi connectivity index (χ2v) is 5.99. The molecule has 1 aromatic rings. The number of imidazole rings is 1. The number of ether oxygens (including phenoxy) is 1. The summed E-state index contributed by atoms with van der Waals surface area (Å²) in [4.78, 5) is 15.2. The van der Waals surface area contributed by atoms with Crippen molar-refractivity contribution in [1.29, 1.82) is 0 Å². The number of hydrogen-bond donors (Lipinski definition) is 1. The number of carbonyl (C=O) groups excluding carboxylic acids is 1. The minimum atomic E-state index is -3.68. The van der Waals surface area contributed by atoms with Crippen LogP contribution < -0.4 is 4.72 Å². The maximum Gasteiger partial charge on any atom is 0.307 e. The van der Waals surface area contributed by atoms with Gasteiger partial charge >= 0.3 is 5.97 Å². The largest absolute Gasteiger partial charge is 0.466 e. The fourth-order valence-electron chi connectivity index (χ4n) is 1.67. The highest BCUT2D eigenvalue weighted by Gasteiger charge is 2.19. The predicted molar refractivity (Wildman–Crippen MR) is 73.7 cm³/mol. The molecule has 20 heavy (non-hydrogen) atoms. The molecule has 0 saturated carbocycles. The molecule has 0 bridgehead atoms. The SMILES string of the molecule is CCCn1cc(S(=O)(=O)NCCC(=O)OCC)nc1C. The van der Waals surface area contributed by atoms with E-state index in [4.69, 9.17) is 4.74 Å². The Kier molecular flexibility index (Phi) is 6.15. The summed E-state index contributed by atoms with van der Waals surface area (Å²) in [6.45, 7) is 6.47. The van der Waals surface area contributed by atoms with Crippen molar-refractivity contribution in [3.8, 4) is 0 Å². The van der Waals surface area contributed by atoms with E-state index in [9.17, 15) is 13.2 Å². The number of rotatable bonds is 8. The molecule has 0 amide bonds. The summed E-state index contributed by atoms with van der Waals surface area (Å²) in [5.41, 5.74) is 0. The zero-order valence-corrected chi connectivity index (χ0v) is 12.9. The molecule has 7 nitrogen and oxygen atoms in total. The lowest BCUT2D eigenvalue weighted by Crippen LogP contribution is -2.27. The standard InChI is InChI=1S/C12H21N3O4S/c1-4-8-15-9-11(14-10(15)3)20(17,18)13-7-6-12(16)19-5-2/h9,13H,4-8H2,1-3H3. The molecule has 1 N–H and O–H groups in total. The summed E-state index contributed by atoms with van der Waals surface area (Å²) in [7, 11) is -3.68. The van der Waals surface area contributed by atoms with Crippen LogP contribution in [-0.2, 0) is 26.1 Å². The lowest BCUT2D eigenvalue weighted by atomic mass is 10.4. The van der Waals surface area contributed by atoms with E-state index in [2.05, 4.69) is 9.71 Å². The van der Waals surface area contributed by atoms with Gasteiger partial charge in [0, 0.05) is 19.3 Å². The van der Waals surface area contributed by atoms with Gasteiger partial charge in [0.1, 0.15) is 5.82 Å². The van der Waals surface area contributed by atoms with Gasteiger partial charge < -0.3 is 9.30 Å². The molecule has 8 heteroatoms. The van der Waals surface area contributed by atoms with Crippen LogP contribution in [0.1, 0.15) is 32.5 Å². The first-order valence-corrected chi connectivity index (χ1v) is 8.08. The lowest BCUT2D eigenvalue weighted by Gasteiger charge is -2.04. The van der Waals surface area contributed by atoms with Gasteiger partial charge in [0.05, 0.1) is 13.0 Å². The van der Waals surface area contributed by atoms with Gasteiger partial charge in [0.2, 0.25) is 0 Å². The zero-order valence-electron chi connectivity index (χ0n) is 12.0. The molecule has 0 radical (unpaired) electrons. The van der Waals surface area contributed by atoms with Gasteiger partial charge in [0.15, 0.2) is 5.03 Å². The second-order valence-electron chi connectivity index (χ2n) is 4.27. The van der Waals surface area contributed by atoms with Crippen LogP contribution in [0.3, 0.4) is 0 Å². The first kappa shape index (κ1) is 16.6. The number of aromatic nitrogens is 2. The molecule has 0 aliphatic rings. The van der Waals surface area contributed by atoms with Crippen LogP contribution in [-0.4, -0.2) is 37.1 Å². The van der Waals surface area contributed by atoms with Gasteiger partial charge in [-0.3, -0.25) is 4.79 Å². The predicted octanol–water partition coefficient (Wildman–Crippen LogP) is 0.833. The Morgan fingerprint density at radius 1 is 1.45 bits per heavy atom. The van der Waals surface area contributed by atoms with Crippen LogP contribution in [0.2, 0.25) is 0 Å². The van der Waals surface area contributed by atoms with Crippen LogP contribution >= 0.6 is 0 Å². The van der Waals surface area contributed by atoms with E-state index in [1.54, 1.807) is 18.4 Å². The topological polar surface area (TPSA) is 90.3 Å². The summed E-state index contributed by atoms with van der Waals surface area (Å²) in [6, 6.07) is 0. The Bertz CT molecular complexity index is 551. The molecule has 0 unspecified atom stereocenters. The number of nitrogens with one attached hydrogen (secondary N) is 1. The van der Waals surface area contributed by atoms with Crippen molar-refractivity contribution in [3.05, 3.63) is 12.0 Å². The molecular formula is C12H21N3O4S. The molecule has 0 aromatic carbocycles. The van der Waals surface area contributed by atoms with Crippen LogP contribution in [0.5, 0.6) is 0 Å². The smallest absolute Gasteiger partial charge is 0.307 e. The van der Waals surface area contributed by atoms with Crippen LogP contribution in [0, 0.1) is 6.92 Å². The van der Waals surface area contributed by atoms with Gasteiger partial charge in [-0.05, 0) is 20.3 Å². The van der Waals surface area contributed by atoms with E-state index in [0.29, 0.717) is 5.82 Å². The summed E-state index contributed by atoms with van der Waals surface area (Å²) < 4.78 is 32.9. The minimum Gasteiger partial charge on any atom is -0.466 e. The first-order valence-electron chi connectivity index (χ1n) is 6.59. The van der Waals surface area contributed by atoms with Crippen LogP contribution in [0.25, 0.3) is 0 Å². The van der Waals surface area contributed by atoms with Crippen molar-refractivity contribution in [2.45, 2.75) is 45.2 Å². The van der Waals surface area contributed by atoms with Crippen molar-refractivity contribution < 1.29 is 17.9 Å². The Balaban J connectivity index is 2.64. The lowest BCUT2D eigenvalue weighted by molar-refractivity contribution is -0.142. The highest BCUT2D eigenvalue weighted by molar-refractivity contribution is 7.89. The third-order valence-corrected chi connectivity index (χ3v) is 3.95. The monoisotopic (exact) mass is 303 g/mol. The van der Waals surface area contributed by atoms with Crippen LogP contribution in [0.15, 0.2) is 11.2 Å². The second kappa shape index (κ2) is 7.39. The average Bonchev–Trinajstić information content (AvgIpc) is 2.72. The number of esters is 1. The minimum absolute atomic E-state index is 0.000845. The average molecular weight is 303 g/mol. The molecule has 0 atom stereocenters. The summed E-state index contributed by atoms with van der Waals surface area (Å²) in [5.74, 6) is 0.223. The molecule has 0 spiro atoms. The fourth-order valence-corrected chi connectivity index (χ4v) is 2.71. The molecule has 1 heterocycles. The summed E-state index contributed by atoms with van der Waals surface area (Å²) >= 11 is 0. The molecule has 1 aromatic heterocycles. The normalized spacial score (nSPS) is 11.6. The quantitative estimate of drug-likeness (QED) is 0.718. The number of hydrogen-bond acceptors (Lipinski definition) is 5. The molecule has 0 aliphatic heterocycles. The van der Waals surface area contributed by atoms with E-state index in [0.717, 1.165) is 13.0 Å². The van der Waals surface area contributed by atoms with Crippen LogP contribution in [0.4, 0.5) is 0 Å². The van der Waals surface area contributed by atoms with Gasteiger partial charge in [-0.1, -0.05) is 6.92 Å². The maximum absolute atomic E-state index is 12.0. The van der Waals surface area contributed by atoms with E-state index in [1.165, 1.54) is 6.20 Å². The molecule has 0 fully saturated rings. The molecule has 0 saturated heterocycles. The number of nitrogens with zero attached hydrogens (tertiary/aromatic N) is 2. The summed E-state index contributed by atoms with van der Waals surface area (Å²) in [5, 5.41) is -0.0210. The highest BCUT2D eigenvalue weighted by Crippen LogP contribution is 2.09.